The van der Waals surface area contributed by atoms with E-state index in [0.717, 1.165) is 10.5 Å². The molecule has 0 aliphatic carbocycles. The van der Waals surface area contributed by atoms with Gasteiger partial charge >= 0.3 is 12.1 Å². The lowest BCUT2D eigenvalue weighted by molar-refractivity contribution is -0.185. The predicted octanol–water partition coefficient (Wildman–Crippen LogP) is 3.92. The lowest BCUT2D eigenvalue weighted by atomic mass is 10.1. The van der Waals surface area contributed by atoms with Gasteiger partial charge in [0.15, 0.2) is 0 Å². The summed E-state index contributed by atoms with van der Waals surface area (Å²) in [6, 6.07) is 11.2. The molecule has 4 amide bonds. The molecular weight excluding hydrogens is 451 g/mol. The molecule has 2 aromatic rings. The number of anilines is 1. The maximum Gasteiger partial charge on any atom is 0.471 e. The van der Waals surface area contributed by atoms with E-state index in [0.29, 0.717) is 27.3 Å². The fourth-order valence-electron chi connectivity index (χ4n) is 3.70. The fourth-order valence-corrected chi connectivity index (χ4v) is 3.70. The number of amides is 4. The maximum absolute atomic E-state index is 12.7. The Morgan fingerprint density at radius 3 is 2.41 bits per heavy atom. The molecule has 0 atom stereocenters. The van der Waals surface area contributed by atoms with Crippen LogP contribution in [0.5, 0.6) is 0 Å². The van der Waals surface area contributed by atoms with E-state index in [2.05, 4.69) is 5.32 Å². The van der Waals surface area contributed by atoms with Crippen LogP contribution in [0.3, 0.4) is 0 Å². The Bertz CT molecular complexity index is 1130. The zero-order valence-electron chi connectivity index (χ0n) is 18.7. The zero-order chi connectivity index (χ0) is 25.0. The summed E-state index contributed by atoms with van der Waals surface area (Å²) in [5.41, 5.74) is 2.37. The Balaban J connectivity index is 1.53. The summed E-state index contributed by atoms with van der Waals surface area (Å²) >= 11 is 0. The third-order valence-electron chi connectivity index (χ3n) is 5.41. The van der Waals surface area contributed by atoms with E-state index >= 15 is 0 Å². The maximum atomic E-state index is 12.7. The molecule has 0 fully saturated rings. The van der Waals surface area contributed by atoms with Crippen LogP contribution in [0.15, 0.2) is 42.5 Å². The van der Waals surface area contributed by atoms with Crippen molar-refractivity contribution >= 4 is 29.3 Å². The van der Waals surface area contributed by atoms with Crippen molar-refractivity contribution in [2.75, 3.05) is 18.4 Å². The molecule has 2 aromatic carbocycles. The standard InChI is InChI=1S/C24H24F3N3O4/c1-3-29(23(34)24(25,26)27)14-16-6-4-7-17(13-16)28-20(31)8-5-11-30-21(32)18-10-9-15(2)12-19(18)22(30)33/h4,6-7,9-10,12-13H,3,5,8,11,14H2,1-2H3,(H,28,31). The first-order chi connectivity index (χ1) is 16.0. The number of alkyl halides is 3. The van der Waals surface area contributed by atoms with Crippen molar-refractivity contribution in [1.82, 2.24) is 9.80 Å². The summed E-state index contributed by atoms with van der Waals surface area (Å²) in [4.78, 5) is 50.6. The van der Waals surface area contributed by atoms with Crippen molar-refractivity contribution in [3.8, 4) is 0 Å². The van der Waals surface area contributed by atoms with Gasteiger partial charge in [-0.3, -0.25) is 24.1 Å². The number of imide groups is 1. The lowest BCUT2D eigenvalue weighted by Crippen LogP contribution is -2.40. The highest BCUT2D eigenvalue weighted by atomic mass is 19.4. The van der Waals surface area contributed by atoms with Gasteiger partial charge in [0, 0.05) is 31.7 Å². The molecule has 1 heterocycles. The molecule has 7 nitrogen and oxygen atoms in total. The Morgan fingerprint density at radius 1 is 1.03 bits per heavy atom. The van der Waals surface area contributed by atoms with Crippen molar-refractivity contribution in [3.05, 3.63) is 64.7 Å². The number of hydrogen-bond acceptors (Lipinski definition) is 4. The number of benzene rings is 2. The van der Waals surface area contributed by atoms with Gasteiger partial charge in [0.25, 0.3) is 11.8 Å². The first-order valence-corrected chi connectivity index (χ1v) is 10.7. The minimum absolute atomic E-state index is 0.0320. The fraction of sp³-hybridized carbons (Fsp3) is 0.333. The van der Waals surface area contributed by atoms with Gasteiger partial charge in [-0.05, 0) is 50.1 Å². The smallest absolute Gasteiger partial charge is 0.331 e. The van der Waals surface area contributed by atoms with Crippen LogP contribution in [-0.2, 0) is 16.1 Å². The van der Waals surface area contributed by atoms with E-state index in [4.69, 9.17) is 0 Å². The summed E-state index contributed by atoms with van der Waals surface area (Å²) in [5, 5.41) is 2.65. The number of carbonyl (C=O) groups excluding carboxylic acids is 4. The average molecular weight is 475 g/mol. The highest BCUT2D eigenvalue weighted by Gasteiger charge is 2.42. The molecule has 0 radical (unpaired) electrons. The first kappa shape index (κ1) is 24.9. The summed E-state index contributed by atoms with van der Waals surface area (Å²) < 4.78 is 38.2. The van der Waals surface area contributed by atoms with Gasteiger partial charge in [-0.25, -0.2) is 0 Å². The third kappa shape index (κ3) is 5.62. The molecule has 0 saturated heterocycles. The molecule has 0 bridgehead atoms. The largest absolute Gasteiger partial charge is 0.471 e. The molecule has 1 aliphatic heterocycles. The number of aryl methyl sites for hydroxylation is 1. The Hall–Kier alpha value is -3.69. The van der Waals surface area contributed by atoms with Gasteiger partial charge in [0.1, 0.15) is 0 Å². The topological polar surface area (TPSA) is 86.8 Å². The normalized spacial score (nSPS) is 13.1. The molecule has 0 aromatic heterocycles. The first-order valence-electron chi connectivity index (χ1n) is 10.7. The van der Waals surface area contributed by atoms with Crippen molar-refractivity contribution in [2.45, 2.75) is 39.4 Å². The summed E-state index contributed by atoms with van der Waals surface area (Å²) in [6.07, 6.45) is -4.68. The third-order valence-corrected chi connectivity index (χ3v) is 5.41. The van der Waals surface area contributed by atoms with Gasteiger partial charge in [-0.1, -0.05) is 23.8 Å². The highest BCUT2D eigenvalue weighted by Crippen LogP contribution is 2.24. The molecule has 180 valence electrons. The van der Waals surface area contributed by atoms with E-state index in [1.807, 2.05) is 6.92 Å². The van der Waals surface area contributed by atoms with Gasteiger partial charge in [-0.2, -0.15) is 13.2 Å². The minimum atomic E-state index is -4.96. The molecule has 0 spiro atoms. The zero-order valence-corrected chi connectivity index (χ0v) is 18.7. The molecule has 34 heavy (non-hydrogen) atoms. The molecular formula is C24H24F3N3O4. The van der Waals surface area contributed by atoms with Crippen LogP contribution in [0.4, 0.5) is 18.9 Å². The van der Waals surface area contributed by atoms with Crippen LogP contribution < -0.4 is 5.32 Å². The molecule has 1 aliphatic rings. The van der Waals surface area contributed by atoms with Gasteiger partial charge in [0.2, 0.25) is 5.91 Å². The van der Waals surface area contributed by atoms with Crippen LogP contribution in [0.25, 0.3) is 0 Å². The van der Waals surface area contributed by atoms with Gasteiger partial charge < -0.3 is 10.2 Å². The van der Waals surface area contributed by atoms with E-state index in [9.17, 15) is 32.3 Å². The van der Waals surface area contributed by atoms with Crippen LogP contribution in [0.2, 0.25) is 0 Å². The Kier molecular flexibility index (Phi) is 7.38. The van der Waals surface area contributed by atoms with E-state index in [1.54, 1.807) is 36.4 Å². The van der Waals surface area contributed by atoms with Crippen molar-refractivity contribution < 1.29 is 32.3 Å². The number of nitrogens with zero attached hydrogens (tertiary/aromatic N) is 2. The van der Waals surface area contributed by atoms with E-state index in [-0.39, 0.29) is 50.2 Å². The molecule has 0 saturated carbocycles. The minimum Gasteiger partial charge on any atom is -0.331 e. The van der Waals surface area contributed by atoms with Crippen LogP contribution in [-0.4, -0.2) is 52.7 Å². The summed E-state index contributed by atoms with van der Waals surface area (Å²) in [7, 11) is 0. The Labute approximate surface area is 194 Å². The number of rotatable bonds is 8. The van der Waals surface area contributed by atoms with Crippen LogP contribution >= 0.6 is 0 Å². The second-order valence-electron chi connectivity index (χ2n) is 7.98. The highest BCUT2D eigenvalue weighted by molar-refractivity contribution is 6.21. The van der Waals surface area contributed by atoms with Gasteiger partial charge in [-0.15, -0.1) is 0 Å². The summed E-state index contributed by atoms with van der Waals surface area (Å²) in [6.45, 7) is 2.99. The van der Waals surface area contributed by atoms with Crippen molar-refractivity contribution in [1.29, 1.82) is 0 Å². The monoisotopic (exact) mass is 475 g/mol. The number of fused-ring (bicyclic) bond motifs is 1. The average Bonchev–Trinajstić information content (AvgIpc) is 3.00. The number of halogens is 3. The number of carbonyl (C=O) groups is 4. The predicted molar refractivity (Wildman–Crippen MR) is 118 cm³/mol. The van der Waals surface area contributed by atoms with Crippen LogP contribution in [0.1, 0.15) is 51.6 Å². The second-order valence-corrected chi connectivity index (χ2v) is 7.98. The summed E-state index contributed by atoms with van der Waals surface area (Å²) in [5.74, 6) is -3.07. The molecule has 1 N–H and O–H groups in total. The molecule has 10 heteroatoms. The van der Waals surface area contributed by atoms with Crippen LogP contribution in [0, 0.1) is 6.92 Å². The number of nitrogens with one attached hydrogen (secondary N) is 1. The van der Waals surface area contributed by atoms with E-state index in [1.165, 1.54) is 13.0 Å². The number of hydrogen-bond donors (Lipinski definition) is 1. The molecule has 0 unspecified atom stereocenters. The van der Waals surface area contributed by atoms with E-state index < -0.39 is 12.1 Å². The van der Waals surface area contributed by atoms with Crippen molar-refractivity contribution in [2.24, 2.45) is 0 Å². The molecule has 3 rings (SSSR count). The quantitative estimate of drug-likeness (QED) is 0.587. The van der Waals surface area contributed by atoms with Gasteiger partial charge in [0.05, 0.1) is 11.1 Å². The second kappa shape index (κ2) is 10.1. The lowest BCUT2D eigenvalue weighted by Gasteiger charge is -2.22. The van der Waals surface area contributed by atoms with Crippen molar-refractivity contribution in [3.63, 3.8) is 0 Å². The SMILES string of the molecule is CCN(Cc1cccc(NC(=O)CCCN2C(=O)c3ccc(C)cc3C2=O)c1)C(=O)C(F)(F)F. The Morgan fingerprint density at radius 2 is 1.74 bits per heavy atom.